The molecule has 1 aliphatic rings. The molecule has 5 heteroatoms. The summed E-state index contributed by atoms with van der Waals surface area (Å²) in [5.74, 6) is 2.58. The molecule has 2 rings (SSSR count). The molecule has 0 aromatic carbocycles. The van der Waals surface area contributed by atoms with E-state index in [1.54, 1.807) is 6.26 Å². The maximum absolute atomic E-state index is 5.30. The molecule has 1 fully saturated rings. The second-order valence-corrected chi connectivity index (χ2v) is 5.52. The summed E-state index contributed by atoms with van der Waals surface area (Å²) in [7, 11) is 4.30. The van der Waals surface area contributed by atoms with Crippen molar-refractivity contribution in [2.24, 2.45) is 10.9 Å². The molecule has 1 aliphatic carbocycles. The van der Waals surface area contributed by atoms with Gasteiger partial charge in [0.25, 0.3) is 0 Å². The van der Waals surface area contributed by atoms with Crippen molar-refractivity contribution < 1.29 is 4.42 Å². The van der Waals surface area contributed by atoms with Gasteiger partial charge in [0.1, 0.15) is 12.3 Å². The number of rotatable bonds is 7. The molecule has 1 heterocycles. The summed E-state index contributed by atoms with van der Waals surface area (Å²) in [5, 5.41) is 6.72. The SMILES string of the molecule is CCNC(=NCc1ccco1)NCC(C1CC1)N(C)C. The lowest BCUT2D eigenvalue weighted by molar-refractivity contribution is 0.264. The van der Waals surface area contributed by atoms with Crippen LogP contribution < -0.4 is 10.6 Å². The predicted molar refractivity (Wildman–Crippen MR) is 81.7 cm³/mol. The van der Waals surface area contributed by atoms with Crippen LogP contribution >= 0.6 is 0 Å². The molecule has 0 saturated heterocycles. The van der Waals surface area contributed by atoms with E-state index in [2.05, 4.69) is 41.5 Å². The molecule has 1 atom stereocenters. The minimum absolute atomic E-state index is 0.568. The Balaban J connectivity index is 1.86. The Morgan fingerprint density at radius 1 is 1.45 bits per heavy atom. The summed E-state index contributed by atoms with van der Waals surface area (Å²) in [6.45, 7) is 4.44. The van der Waals surface area contributed by atoms with E-state index >= 15 is 0 Å². The zero-order chi connectivity index (χ0) is 14.4. The number of likely N-dealkylation sites (N-methyl/N-ethyl adjacent to an activating group) is 1. The van der Waals surface area contributed by atoms with Crippen molar-refractivity contribution >= 4 is 5.96 Å². The highest BCUT2D eigenvalue weighted by Crippen LogP contribution is 2.34. The van der Waals surface area contributed by atoms with Crippen molar-refractivity contribution in [2.45, 2.75) is 32.4 Å². The van der Waals surface area contributed by atoms with Gasteiger partial charge in [0.15, 0.2) is 5.96 Å². The molecule has 1 aromatic rings. The quantitative estimate of drug-likeness (QED) is 0.588. The monoisotopic (exact) mass is 278 g/mol. The zero-order valence-corrected chi connectivity index (χ0v) is 12.7. The Labute approximate surface area is 121 Å². The van der Waals surface area contributed by atoms with Crippen molar-refractivity contribution in [2.75, 3.05) is 27.2 Å². The minimum Gasteiger partial charge on any atom is -0.467 e. The van der Waals surface area contributed by atoms with Crippen LogP contribution in [0.5, 0.6) is 0 Å². The number of hydrogen-bond acceptors (Lipinski definition) is 3. The second kappa shape index (κ2) is 7.33. The fourth-order valence-electron chi connectivity index (χ4n) is 2.35. The van der Waals surface area contributed by atoms with Crippen LogP contribution in [-0.4, -0.2) is 44.1 Å². The van der Waals surface area contributed by atoms with E-state index in [0.29, 0.717) is 12.6 Å². The second-order valence-electron chi connectivity index (χ2n) is 5.52. The summed E-state index contributed by atoms with van der Waals surface area (Å²) in [4.78, 5) is 6.86. The van der Waals surface area contributed by atoms with Gasteiger partial charge in [0.05, 0.1) is 6.26 Å². The van der Waals surface area contributed by atoms with Gasteiger partial charge in [-0.2, -0.15) is 0 Å². The Kier molecular flexibility index (Phi) is 5.47. The largest absolute Gasteiger partial charge is 0.467 e. The van der Waals surface area contributed by atoms with E-state index in [9.17, 15) is 0 Å². The van der Waals surface area contributed by atoms with E-state index in [-0.39, 0.29) is 0 Å². The maximum Gasteiger partial charge on any atom is 0.191 e. The summed E-state index contributed by atoms with van der Waals surface area (Å²) in [6, 6.07) is 4.42. The molecule has 2 N–H and O–H groups in total. The lowest BCUT2D eigenvalue weighted by Gasteiger charge is -2.25. The topological polar surface area (TPSA) is 52.8 Å². The normalized spacial score (nSPS) is 17.3. The number of hydrogen-bond donors (Lipinski definition) is 2. The predicted octanol–water partition coefficient (Wildman–Crippen LogP) is 1.67. The zero-order valence-electron chi connectivity index (χ0n) is 12.7. The van der Waals surface area contributed by atoms with Crippen LogP contribution in [0.3, 0.4) is 0 Å². The van der Waals surface area contributed by atoms with E-state index in [1.165, 1.54) is 12.8 Å². The lowest BCUT2D eigenvalue weighted by atomic mass is 10.1. The van der Waals surface area contributed by atoms with Gasteiger partial charge >= 0.3 is 0 Å². The molecule has 0 amide bonds. The first kappa shape index (κ1) is 14.9. The fourth-order valence-corrected chi connectivity index (χ4v) is 2.35. The van der Waals surface area contributed by atoms with E-state index in [1.807, 2.05) is 12.1 Å². The first-order valence-corrected chi connectivity index (χ1v) is 7.41. The number of nitrogens with zero attached hydrogens (tertiary/aromatic N) is 2. The van der Waals surface area contributed by atoms with Crippen molar-refractivity contribution in [3.8, 4) is 0 Å². The number of guanidine groups is 1. The van der Waals surface area contributed by atoms with Crippen LogP contribution in [0, 0.1) is 5.92 Å². The summed E-state index contributed by atoms with van der Waals surface area (Å²) >= 11 is 0. The average Bonchev–Trinajstić information content (AvgIpc) is 3.11. The third-order valence-electron chi connectivity index (χ3n) is 3.63. The summed E-state index contributed by atoms with van der Waals surface area (Å²) in [6.07, 6.45) is 4.38. The highest BCUT2D eigenvalue weighted by atomic mass is 16.3. The van der Waals surface area contributed by atoms with Gasteiger partial charge < -0.3 is 20.0 Å². The molecule has 1 aromatic heterocycles. The van der Waals surface area contributed by atoms with Crippen molar-refractivity contribution in [3.05, 3.63) is 24.2 Å². The van der Waals surface area contributed by atoms with Crippen LogP contribution in [0.1, 0.15) is 25.5 Å². The van der Waals surface area contributed by atoms with Gasteiger partial charge in [0, 0.05) is 19.1 Å². The minimum atomic E-state index is 0.568. The molecule has 0 spiro atoms. The van der Waals surface area contributed by atoms with Gasteiger partial charge in [-0.1, -0.05) is 0 Å². The van der Waals surface area contributed by atoms with Crippen molar-refractivity contribution in [1.82, 2.24) is 15.5 Å². The third kappa shape index (κ3) is 4.56. The Morgan fingerprint density at radius 3 is 2.80 bits per heavy atom. The highest BCUT2D eigenvalue weighted by Gasteiger charge is 2.32. The van der Waals surface area contributed by atoms with Gasteiger partial charge in [-0.05, 0) is 51.9 Å². The first-order valence-electron chi connectivity index (χ1n) is 7.41. The molecule has 1 unspecified atom stereocenters. The Bertz CT molecular complexity index is 408. The van der Waals surface area contributed by atoms with Crippen molar-refractivity contribution in [3.63, 3.8) is 0 Å². The van der Waals surface area contributed by atoms with Gasteiger partial charge in [-0.15, -0.1) is 0 Å². The number of nitrogens with one attached hydrogen (secondary N) is 2. The van der Waals surface area contributed by atoms with Crippen LogP contribution in [0.25, 0.3) is 0 Å². The van der Waals surface area contributed by atoms with E-state index in [4.69, 9.17) is 4.42 Å². The molecule has 0 bridgehead atoms. The molecule has 112 valence electrons. The molecule has 1 saturated carbocycles. The van der Waals surface area contributed by atoms with E-state index < -0.39 is 0 Å². The number of aliphatic imine (C=N–C) groups is 1. The standard InChI is InChI=1S/C15H26N4O/c1-4-16-15(17-10-13-6-5-9-20-13)18-11-14(19(2)3)12-7-8-12/h5-6,9,12,14H,4,7-8,10-11H2,1-3H3,(H2,16,17,18). The maximum atomic E-state index is 5.30. The van der Waals surface area contributed by atoms with E-state index in [0.717, 1.165) is 30.7 Å². The molecule has 0 radical (unpaired) electrons. The summed E-state index contributed by atoms with van der Waals surface area (Å²) in [5.41, 5.74) is 0. The van der Waals surface area contributed by atoms with Crippen LogP contribution in [0.15, 0.2) is 27.8 Å². The molecule has 5 nitrogen and oxygen atoms in total. The van der Waals surface area contributed by atoms with Crippen LogP contribution in [-0.2, 0) is 6.54 Å². The Hall–Kier alpha value is -1.49. The smallest absolute Gasteiger partial charge is 0.191 e. The lowest BCUT2D eigenvalue weighted by Crippen LogP contribution is -2.46. The fraction of sp³-hybridized carbons (Fsp3) is 0.667. The van der Waals surface area contributed by atoms with Gasteiger partial charge in [-0.3, -0.25) is 0 Å². The Morgan fingerprint density at radius 2 is 2.25 bits per heavy atom. The molecule has 20 heavy (non-hydrogen) atoms. The molecular weight excluding hydrogens is 252 g/mol. The van der Waals surface area contributed by atoms with Crippen LogP contribution in [0.2, 0.25) is 0 Å². The first-order chi connectivity index (χ1) is 9.70. The van der Waals surface area contributed by atoms with Crippen molar-refractivity contribution in [1.29, 1.82) is 0 Å². The third-order valence-corrected chi connectivity index (χ3v) is 3.63. The van der Waals surface area contributed by atoms with Gasteiger partial charge in [0.2, 0.25) is 0 Å². The highest BCUT2D eigenvalue weighted by molar-refractivity contribution is 5.79. The number of furan rings is 1. The summed E-state index contributed by atoms with van der Waals surface area (Å²) < 4.78 is 5.30. The van der Waals surface area contributed by atoms with Crippen LogP contribution in [0.4, 0.5) is 0 Å². The molecular formula is C15H26N4O. The average molecular weight is 278 g/mol. The molecule has 0 aliphatic heterocycles. The van der Waals surface area contributed by atoms with Gasteiger partial charge in [-0.25, -0.2) is 4.99 Å².